The number of halogens is 1. The number of phenolic OH excluding ortho intramolecular Hbond substituents is 1. The number of nitrogens with one attached hydrogen (secondary N) is 1. The largest absolute Gasteiger partial charge is 0.508 e. The summed E-state index contributed by atoms with van der Waals surface area (Å²) in [6.07, 6.45) is 0. The molecular weight excluding hydrogens is 221 g/mol. The second kappa shape index (κ2) is 4.74. The van der Waals surface area contributed by atoms with Crippen LogP contribution < -0.4 is 10.1 Å². The van der Waals surface area contributed by atoms with Crippen molar-refractivity contribution >= 4 is 11.4 Å². The number of ether oxygens (including phenoxy) is 1. The summed E-state index contributed by atoms with van der Waals surface area (Å²) in [5, 5.41) is 12.3. The number of hydrogen-bond donors (Lipinski definition) is 2. The second-order valence-electron chi connectivity index (χ2n) is 3.52. The van der Waals surface area contributed by atoms with Gasteiger partial charge in [0.15, 0.2) is 11.6 Å². The zero-order valence-electron chi connectivity index (χ0n) is 9.27. The van der Waals surface area contributed by atoms with Gasteiger partial charge in [-0.25, -0.2) is 4.39 Å². The number of hydrogen-bond acceptors (Lipinski definition) is 3. The van der Waals surface area contributed by atoms with Crippen LogP contribution in [-0.4, -0.2) is 12.2 Å². The molecule has 88 valence electrons. The Labute approximate surface area is 98.5 Å². The molecule has 0 aliphatic carbocycles. The fraction of sp³-hybridized carbons (Fsp3) is 0.0769. The number of rotatable bonds is 3. The minimum absolute atomic E-state index is 0.156. The molecule has 0 spiro atoms. The highest BCUT2D eigenvalue weighted by Crippen LogP contribution is 2.24. The molecule has 2 N–H and O–H groups in total. The van der Waals surface area contributed by atoms with Crippen LogP contribution in [0.1, 0.15) is 0 Å². The molecule has 0 aliphatic rings. The lowest BCUT2D eigenvalue weighted by Crippen LogP contribution is -1.93. The number of phenols is 1. The van der Waals surface area contributed by atoms with Crippen LogP contribution in [0, 0.1) is 5.82 Å². The van der Waals surface area contributed by atoms with E-state index in [0.717, 1.165) is 0 Å². The van der Waals surface area contributed by atoms with Gasteiger partial charge >= 0.3 is 0 Å². The van der Waals surface area contributed by atoms with Crippen LogP contribution in [-0.2, 0) is 0 Å². The first-order chi connectivity index (χ1) is 8.19. The van der Waals surface area contributed by atoms with Gasteiger partial charge in [0.1, 0.15) is 5.75 Å². The van der Waals surface area contributed by atoms with Crippen LogP contribution in [0.4, 0.5) is 15.8 Å². The third-order valence-corrected chi connectivity index (χ3v) is 2.29. The predicted molar refractivity (Wildman–Crippen MR) is 64.3 cm³/mol. The van der Waals surface area contributed by atoms with Gasteiger partial charge in [-0.1, -0.05) is 6.07 Å². The summed E-state index contributed by atoms with van der Waals surface area (Å²) in [5.41, 5.74) is 1.28. The number of anilines is 2. The standard InChI is InChI=1S/C13H12FNO2/c1-17-13-6-5-10(8-12(13)14)15-9-3-2-4-11(16)7-9/h2-8,15-16H,1H3. The molecule has 0 aromatic heterocycles. The summed E-state index contributed by atoms with van der Waals surface area (Å²) >= 11 is 0. The Bertz CT molecular complexity index is 529. The Morgan fingerprint density at radius 2 is 1.88 bits per heavy atom. The smallest absolute Gasteiger partial charge is 0.167 e. The Balaban J connectivity index is 2.22. The van der Waals surface area contributed by atoms with E-state index in [-0.39, 0.29) is 11.5 Å². The average molecular weight is 233 g/mol. The van der Waals surface area contributed by atoms with E-state index >= 15 is 0 Å². The summed E-state index contributed by atoms with van der Waals surface area (Å²) in [5.74, 6) is -0.0758. The summed E-state index contributed by atoms with van der Waals surface area (Å²) in [7, 11) is 1.42. The summed E-state index contributed by atoms with van der Waals surface area (Å²) in [4.78, 5) is 0. The third kappa shape index (κ3) is 2.66. The second-order valence-corrected chi connectivity index (χ2v) is 3.52. The zero-order valence-corrected chi connectivity index (χ0v) is 9.27. The third-order valence-electron chi connectivity index (χ3n) is 2.29. The van der Waals surface area contributed by atoms with E-state index in [2.05, 4.69) is 5.32 Å². The first-order valence-electron chi connectivity index (χ1n) is 5.08. The molecule has 0 aliphatic heterocycles. The van der Waals surface area contributed by atoms with Gasteiger partial charge in [0.2, 0.25) is 0 Å². The lowest BCUT2D eigenvalue weighted by atomic mass is 10.2. The molecule has 0 saturated heterocycles. The highest BCUT2D eigenvalue weighted by Gasteiger charge is 2.03. The van der Waals surface area contributed by atoms with Crippen molar-refractivity contribution in [1.29, 1.82) is 0 Å². The molecule has 0 atom stereocenters. The lowest BCUT2D eigenvalue weighted by molar-refractivity contribution is 0.386. The SMILES string of the molecule is COc1ccc(Nc2cccc(O)c2)cc1F. The van der Waals surface area contributed by atoms with Crippen molar-refractivity contribution in [2.24, 2.45) is 0 Å². The van der Waals surface area contributed by atoms with E-state index < -0.39 is 5.82 Å². The Morgan fingerprint density at radius 1 is 1.12 bits per heavy atom. The fourth-order valence-electron chi connectivity index (χ4n) is 1.49. The number of methoxy groups -OCH3 is 1. The molecule has 2 rings (SSSR count). The molecule has 0 heterocycles. The van der Waals surface area contributed by atoms with E-state index in [1.54, 1.807) is 36.4 Å². The van der Waals surface area contributed by atoms with Gasteiger partial charge < -0.3 is 15.2 Å². The summed E-state index contributed by atoms with van der Waals surface area (Å²) in [6.45, 7) is 0. The average Bonchev–Trinajstić information content (AvgIpc) is 2.29. The number of aromatic hydroxyl groups is 1. The molecule has 0 amide bonds. The monoisotopic (exact) mass is 233 g/mol. The van der Waals surface area contributed by atoms with Crippen molar-refractivity contribution in [2.75, 3.05) is 12.4 Å². The van der Waals surface area contributed by atoms with Crippen molar-refractivity contribution in [2.45, 2.75) is 0 Å². The maximum absolute atomic E-state index is 13.4. The first kappa shape index (κ1) is 11.3. The van der Waals surface area contributed by atoms with E-state index in [0.29, 0.717) is 11.4 Å². The molecule has 0 unspecified atom stereocenters. The zero-order chi connectivity index (χ0) is 12.3. The Morgan fingerprint density at radius 3 is 2.53 bits per heavy atom. The van der Waals surface area contributed by atoms with Gasteiger partial charge in [-0.15, -0.1) is 0 Å². The van der Waals surface area contributed by atoms with Crippen LogP contribution in [0.3, 0.4) is 0 Å². The molecule has 3 nitrogen and oxygen atoms in total. The fourth-order valence-corrected chi connectivity index (χ4v) is 1.49. The van der Waals surface area contributed by atoms with Gasteiger partial charge in [-0.05, 0) is 24.3 Å². The molecule has 2 aromatic carbocycles. The molecule has 17 heavy (non-hydrogen) atoms. The Kier molecular flexibility index (Phi) is 3.14. The van der Waals surface area contributed by atoms with E-state index in [9.17, 15) is 9.50 Å². The highest BCUT2D eigenvalue weighted by molar-refractivity contribution is 5.61. The molecule has 0 bridgehead atoms. The minimum atomic E-state index is -0.433. The van der Waals surface area contributed by atoms with Crippen molar-refractivity contribution in [1.82, 2.24) is 0 Å². The van der Waals surface area contributed by atoms with Gasteiger partial charge in [-0.2, -0.15) is 0 Å². The van der Waals surface area contributed by atoms with Gasteiger partial charge in [-0.3, -0.25) is 0 Å². The van der Waals surface area contributed by atoms with E-state index in [1.807, 2.05) is 0 Å². The quantitative estimate of drug-likeness (QED) is 0.854. The van der Waals surface area contributed by atoms with Crippen LogP contribution in [0.5, 0.6) is 11.5 Å². The summed E-state index contributed by atoms with van der Waals surface area (Å²) < 4.78 is 18.2. The van der Waals surface area contributed by atoms with Crippen molar-refractivity contribution in [3.63, 3.8) is 0 Å². The molecule has 2 aromatic rings. The van der Waals surface area contributed by atoms with Gasteiger partial charge in [0.25, 0.3) is 0 Å². The van der Waals surface area contributed by atoms with Crippen molar-refractivity contribution in [3.05, 3.63) is 48.3 Å². The minimum Gasteiger partial charge on any atom is -0.508 e. The highest BCUT2D eigenvalue weighted by atomic mass is 19.1. The lowest BCUT2D eigenvalue weighted by Gasteiger charge is -2.08. The topological polar surface area (TPSA) is 41.5 Å². The van der Waals surface area contributed by atoms with Gasteiger partial charge in [0.05, 0.1) is 7.11 Å². The molecule has 4 heteroatoms. The van der Waals surface area contributed by atoms with Crippen LogP contribution in [0.25, 0.3) is 0 Å². The van der Waals surface area contributed by atoms with Crippen molar-refractivity contribution in [3.8, 4) is 11.5 Å². The normalized spacial score (nSPS) is 10.0. The first-order valence-corrected chi connectivity index (χ1v) is 5.08. The molecular formula is C13H12FNO2. The number of benzene rings is 2. The molecule has 0 saturated carbocycles. The van der Waals surface area contributed by atoms with E-state index in [1.165, 1.54) is 13.2 Å². The van der Waals surface area contributed by atoms with Crippen LogP contribution in [0.2, 0.25) is 0 Å². The van der Waals surface area contributed by atoms with Gasteiger partial charge in [0, 0.05) is 23.5 Å². The maximum atomic E-state index is 13.4. The molecule has 0 radical (unpaired) electrons. The molecule has 0 fully saturated rings. The van der Waals surface area contributed by atoms with Crippen LogP contribution >= 0.6 is 0 Å². The van der Waals surface area contributed by atoms with E-state index in [4.69, 9.17) is 4.74 Å². The Hall–Kier alpha value is -2.23. The summed E-state index contributed by atoms with van der Waals surface area (Å²) in [6, 6.07) is 11.2. The maximum Gasteiger partial charge on any atom is 0.167 e. The predicted octanol–water partition coefficient (Wildman–Crippen LogP) is 3.28. The van der Waals surface area contributed by atoms with Crippen molar-refractivity contribution < 1.29 is 14.2 Å². The van der Waals surface area contributed by atoms with Crippen LogP contribution in [0.15, 0.2) is 42.5 Å².